The fraction of sp³-hybridized carbons (Fsp3) is 0.214. The van der Waals surface area contributed by atoms with Crippen LogP contribution in [0.4, 0.5) is 0 Å². The van der Waals surface area contributed by atoms with Gasteiger partial charge in [-0.2, -0.15) is 0 Å². The second-order valence-electron chi connectivity index (χ2n) is 3.93. The molecule has 0 saturated heterocycles. The maximum atomic E-state index is 5.92. The summed E-state index contributed by atoms with van der Waals surface area (Å²) in [6.07, 6.45) is 1.75. The maximum Gasteiger partial charge on any atom is 0.123 e. The molecule has 0 spiro atoms. The topological polar surface area (TPSA) is 34.1 Å². The van der Waals surface area contributed by atoms with E-state index in [0.717, 1.165) is 28.6 Å². The number of hydrogen-bond acceptors (Lipinski definition) is 3. The Bertz CT molecular complexity index is 517. The zero-order chi connectivity index (χ0) is 12.8. The molecular formula is C14H15ClN2O. The minimum Gasteiger partial charge on any atom is -0.489 e. The Kier molecular flexibility index (Phi) is 4.56. The van der Waals surface area contributed by atoms with Gasteiger partial charge >= 0.3 is 0 Å². The lowest BCUT2D eigenvalue weighted by Gasteiger charge is -2.07. The number of rotatable bonds is 5. The third-order valence-corrected chi connectivity index (χ3v) is 2.68. The second kappa shape index (κ2) is 6.38. The van der Waals surface area contributed by atoms with Gasteiger partial charge in [-0.15, -0.1) is 0 Å². The van der Waals surface area contributed by atoms with Crippen molar-refractivity contribution in [1.29, 1.82) is 0 Å². The van der Waals surface area contributed by atoms with Gasteiger partial charge < -0.3 is 10.1 Å². The molecule has 2 aromatic rings. The third-order valence-electron chi connectivity index (χ3n) is 2.44. The SMILES string of the molecule is CNCc1cc(OCc2cccc(Cl)c2)ccn1. The summed E-state index contributed by atoms with van der Waals surface area (Å²) in [5.41, 5.74) is 2.01. The van der Waals surface area contributed by atoms with Gasteiger partial charge in [-0.1, -0.05) is 23.7 Å². The van der Waals surface area contributed by atoms with E-state index < -0.39 is 0 Å². The molecule has 2 rings (SSSR count). The molecule has 0 aliphatic carbocycles. The number of hydrogen-bond donors (Lipinski definition) is 1. The van der Waals surface area contributed by atoms with E-state index in [4.69, 9.17) is 16.3 Å². The molecule has 0 unspecified atom stereocenters. The van der Waals surface area contributed by atoms with E-state index >= 15 is 0 Å². The summed E-state index contributed by atoms with van der Waals surface area (Å²) in [6, 6.07) is 11.4. The maximum absolute atomic E-state index is 5.92. The molecular weight excluding hydrogens is 248 g/mol. The van der Waals surface area contributed by atoms with Gasteiger partial charge in [0.15, 0.2) is 0 Å². The fourth-order valence-electron chi connectivity index (χ4n) is 1.62. The molecule has 1 aromatic carbocycles. The van der Waals surface area contributed by atoms with Crippen LogP contribution < -0.4 is 10.1 Å². The molecule has 0 saturated carbocycles. The highest BCUT2D eigenvalue weighted by Gasteiger charge is 1.99. The lowest BCUT2D eigenvalue weighted by Crippen LogP contribution is -2.07. The minimum absolute atomic E-state index is 0.504. The smallest absolute Gasteiger partial charge is 0.123 e. The van der Waals surface area contributed by atoms with Gasteiger partial charge in [0.1, 0.15) is 12.4 Å². The van der Waals surface area contributed by atoms with Crippen molar-refractivity contribution in [2.24, 2.45) is 0 Å². The largest absolute Gasteiger partial charge is 0.489 e. The monoisotopic (exact) mass is 262 g/mol. The molecule has 0 radical (unpaired) electrons. The lowest BCUT2D eigenvalue weighted by molar-refractivity contribution is 0.305. The van der Waals surface area contributed by atoms with Crippen molar-refractivity contribution in [3.8, 4) is 5.75 Å². The molecule has 0 atom stereocenters. The average molecular weight is 263 g/mol. The molecule has 0 aliphatic heterocycles. The summed E-state index contributed by atoms with van der Waals surface area (Å²) in [6.45, 7) is 1.23. The number of benzene rings is 1. The van der Waals surface area contributed by atoms with Crippen molar-refractivity contribution in [2.75, 3.05) is 7.05 Å². The van der Waals surface area contributed by atoms with E-state index in [1.165, 1.54) is 0 Å². The molecule has 0 aliphatic rings. The number of nitrogens with one attached hydrogen (secondary N) is 1. The Morgan fingerprint density at radius 2 is 2.17 bits per heavy atom. The van der Waals surface area contributed by atoms with Gasteiger partial charge in [0.05, 0.1) is 5.69 Å². The summed E-state index contributed by atoms with van der Waals surface area (Å²) in [5.74, 6) is 0.815. The standard InChI is InChI=1S/C14H15ClN2O/c1-16-9-13-8-14(5-6-17-13)18-10-11-3-2-4-12(15)7-11/h2-8,16H,9-10H2,1H3. The van der Waals surface area contributed by atoms with Gasteiger partial charge in [-0.25, -0.2) is 0 Å². The number of ether oxygens (including phenoxy) is 1. The Hall–Kier alpha value is -1.58. The van der Waals surface area contributed by atoms with Crippen LogP contribution in [-0.2, 0) is 13.2 Å². The number of nitrogens with zero attached hydrogens (tertiary/aromatic N) is 1. The molecule has 1 heterocycles. The molecule has 4 heteroatoms. The molecule has 1 N–H and O–H groups in total. The minimum atomic E-state index is 0.504. The van der Waals surface area contributed by atoms with E-state index in [1.807, 2.05) is 43.4 Å². The predicted octanol–water partition coefficient (Wildman–Crippen LogP) is 3.03. The van der Waals surface area contributed by atoms with Gasteiger partial charge in [0.25, 0.3) is 0 Å². The molecule has 3 nitrogen and oxygen atoms in total. The molecule has 18 heavy (non-hydrogen) atoms. The van der Waals surface area contributed by atoms with E-state index in [1.54, 1.807) is 6.20 Å². The zero-order valence-corrected chi connectivity index (χ0v) is 10.9. The van der Waals surface area contributed by atoms with Crippen LogP contribution >= 0.6 is 11.6 Å². The van der Waals surface area contributed by atoms with Crippen molar-refractivity contribution >= 4 is 11.6 Å². The fourth-order valence-corrected chi connectivity index (χ4v) is 1.83. The van der Waals surface area contributed by atoms with Crippen molar-refractivity contribution < 1.29 is 4.74 Å². The first-order valence-corrected chi connectivity index (χ1v) is 6.12. The molecule has 1 aromatic heterocycles. The Morgan fingerprint density at radius 3 is 2.94 bits per heavy atom. The van der Waals surface area contributed by atoms with Crippen molar-refractivity contribution in [3.63, 3.8) is 0 Å². The normalized spacial score (nSPS) is 10.3. The molecule has 0 fully saturated rings. The van der Waals surface area contributed by atoms with Crippen LogP contribution in [-0.4, -0.2) is 12.0 Å². The highest BCUT2D eigenvalue weighted by Crippen LogP contribution is 2.15. The summed E-state index contributed by atoms with van der Waals surface area (Å²) < 4.78 is 5.71. The first-order chi connectivity index (χ1) is 8.78. The lowest BCUT2D eigenvalue weighted by atomic mass is 10.2. The van der Waals surface area contributed by atoms with E-state index in [-0.39, 0.29) is 0 Å². The van der Waals surface area contributed by atoms with E-state index in [9.17, 15) is 0 Å². The average Bonchev–Trinajstić information content (AvgIpc) is 2.37. The highest BCUT2D eigenvalue weighted by atomic mass is 35.5. The van der Waals surface area contributed by atoms with Gasteiger partial charge in [0, 0.05) is 23.8 Å². The van der Waals surface area contributed by atoms with Gasteiger partial charge in [-0.3, -0.25) is 4.98 Å². The highest BCUT2D eigenvalue weighted by molar-refractivity contribution is 6.30. The number of pyridine rings is 1. The quantitative estimate of drug-likeness (QED) is 0.899. The molecule has 94 valence electrons. The Morgan fingerprint density at radius 1 is 1.28 bits per heavy atom. The Balaban J connectivity index is 1.99. The Labute approximate surface area is 112 Å². The van der Waals surface area contributed by atoms with Crippen LogP contribution in [0.3, 0.4) is 0 Å². The third kappa shape index (κ3) is 3.72. The van der Waals surface area contributed by atoms with Crippen LogP contribution in [0.5, 0.6) is 5.75 Å². The molecule has 0 bridgehead atoms. The summed E-state index contributed by atoms with van der Waals surface area (Å²) in [5, 5.41) is 3.78. The summed E-state index contributed by atoms with van der Waals surface area (Å²) in [4.78, 5) is 4.23. The van der Waals surface area contributed by atoms with Crippen LogP contribution in [0.2, 0.25) is 5.02 Å². The number of halogens is 1. The first kappa shape index (κ1) is 12.9. The van der Waals surface area contributed by atoms with Crippen LogP contribution in [0.25, 0.3) is 0 Å². The van der Waals surface area contributed by atoms with Crippen LogP contribution in [0.1, 0.15) is 11.3 Å². The second-order valence-corrected chi connectivity index (χ2v) is 4.37. The van der Waals surface area contributed by atoms with Crippen molar-refractivity contribution in [3.05, 3.63) is 58.9 Å². The van der Waals surface area contributed by atoms with Crippen LogP contribution in [0.15, 0.2) is 42.6 Å². The van der Waals surface area contributed by atoms with Gasteiger partial charge in [-0.05, 0) is 30.8 Å². The zero-order valence-electron chi connectivity index (χ0n) is 10.2. The van der Waals surface area contributed by atoms with E-state index in [2.05, 4.69) is 10.3 Å². The summed E-state index contributed by atoms with van der Waals surface area (Å²) >= 11 is 5.92. The predicted molar refractivity (Wildman–Crippen MR) is 72.8 cm³/mol. The van der Waals surface area contributed by atoms with Gasteiger partial charge in [0.2, 0.25) is 0 Å². The number of aromatic nitrogens is 1. The van der Waals surface area contributed by atoms with Crippen molar-refractivity contribution in [2.45, 2.75) is 13.2 Å². The summed E-state index contributed by atoms with van der Waals surface area (Å²) in [7, 11) is 1.89. The van der Waals surface area contributed by atoms with Crippen LogP contribution in [0, 0.1) is 0 Å². The first-order valence-electron chi connectivity index (χ1n) is 5.74. The molecule has 0 amide bonds. The van der Waals surface area contributed by atoms with Crippen molar-refractivity contribution in [1.82, 2.24) is 10.3 Å². The van der Waals surface area contributed by atoms with E-state index in [0.29, 0.717) is 6.61 Å².